The number of ether oxygens (including phenoxy) is 1. The molecule has 7 nitrogen and oxygen atoms in total. The van der Waals surface area contributed by atoms with Crippen molar-refractivity contribution in [3.8, 4) is 0 Å². The molecule has 3 rings (SSSR count). The number of likely N-dealkylation sites (tertiary alicyclic amines) is 1. The van der Waals surface area contributed by atoms with E-state index in [2.05, 4.69) is 4.98 Å². The number of nitrogens with zero attached hydrogens (tertiary/aromatic N) is 2. The van der Waals surface area contributed by atoms with Gasteiger partial charge in [0.2, 0.25) is 11.8 Å². The second kappa shape index (κ2) is 8.86. The van der Waals surface area contributed by atoms with Crippen molar-refractivity contribution in [1.82, 2.24) is 9.88 Å². The van der Waals surface area contributed by atoms with E-state index in [0.717, 1.165) is 16.0 Å². The average molecular weight is 395 g/mol. The maximum Gasteiger partial charge on any atom is 0.330 e. The van der Waals surface area contributed by atoms with E-state index >= 15 is 0 Å². The molecule has 152 valence electrons. The third-order valence-electron chi connectivity index (χ3n) is 5.16. The van der Waals surface area contributed by atoms with Gasteiger partial charge in [-0.2, -0.15) is 0 Å². The monoisotopic (exact) mass is 395 g/mol. The SMILES string of the molecule is CCOC(=O)[C@@H]1[C@@H](Cc2ccnc(N)c2)C(=O)N1C(=O)C[C@H](C)c1ccccc1. The summed E-state index contributed by atoms with van der Waals surface area (Å²) in [6.45, 7) is 3.80. The van der Waals surface area contributed by atoms with Crippen LogP contribution in [0.1, 0.15) is 37.3 Å². The number of anilines is 1. The minimum absolute atomic E-state index is 0.0709. The zero-order chi connectivity index (χ0) is 21.0. The Balaban J connectivity index is 1.75. The molecule has 29 heavy (non-hydrogen) atoms. The quantitative estimate of drug-likeness (QED) is 0.570. The van der Waals surface area contributed by atoms with Crippen LogP contribution < -0.4 is 5.73 Å². The number of hydrogen-bond donors (Lipinski definition) is 1. The summed E-state index contributed by atoms with van der Waals surface area (Å²) >= 11 is 0. The van der Waals surface area contributed by atoms with Crippen molar-refractivity contribution >= 4 is 23.6 Å². The molecule has 0 bridgehead atoms. The Labute approximate surface area is 169 Å². The van der Waals surface area contributed by atoms with Crippen LogP contribution in [-0.2, 0) is 25.5 Å². The summed E-state index contributed by atoms with van der Waals surface area (Å²) in [4.78, 5) is 43.1. The number of aromatic nitrogens is 1. The number of benzene rings is 1. The molecule has 2 N–H and O–H groups in total. The summed E-state index contributed by atoms with van der Waals surface area (Å²) in [5.41, 5.74) is 7.50. The average Bonchev–Trinajstić information content (AvgIpc) is 2.70. The number of nitrogens with two attached hydrogens (primary N) is 1. The van der Waals surface area contributed by atoms with Crippen LogP contribution in [0.3, 0.4) is 0 Å². The smallest absolute Gasteiger partial charge is 0.330 e. The maximum absolute atomic E-state index is 12.9. The maximum atomic E-state index is 12.9. The number of carbonyl (C=O) groups excluding carboxylic acids is 3. The van der Waals surface area contributed by atoms with Crippen molar-refractivity contribution in [3.63, 3.8) is 0 Å². The van der Waals surface area contributed by atoms with Crippen molar-refractivity contribution in [1.29, 1.82) is 0 Å². The van der Waals surface area contributed by atoms with Gasteiger partial charge in [0.1, 0.15) is 11.9 Å². The molecule has 1 saturated heterocycles. The third-order valence-corrected chi connectivity index (χ3v) is 5.16. The molecular weight excluding hydrogens is 370 g/mol. The molecule has 0 unspecified atom stereocenters. The minimum atomic E-state index is -0.910. The van der Waals surface area contributed by atoms with Gasteiger partial charge in [0.05, 0.1) is 12.5 Å². The van der Waals surface area contributed by atoms with Crippen LogP contribution in [0.5, 0.6) is 0 Å². The molecule has 2 heterocycles. The molecule has 1 aromatic heterocycles. The Morgan fingerprint density at radius 2 is 1.97 bits per heavy atom. The van der Waals surface area contributed by atoms with E-state index < -0.39 is 17.9 Å². The van der Waals surface area contributed by atoms with Gasteiger partial charge in [-0.25, -0.2) is 9.78 Å². The van der Waals surface area contributed by atoms with Gasteiger partial charge in [0.25, 0.3) is 0 Å². The van der Waals surface area contributed by atoms with Gasteiger partial charge in [-0.3, -0.25) is 14.5 Å². The lowest BCUT2D eigenvalue weighted by Crippen LogP contribution is -2.67. The summed E-state index contributed by atoms with van der Waals surface area (Å²) in [5.74, 6) is -1.66. The number of esters is 1. The summed E-state index contributed by atoms with van der Waals surface area (Å²) in [7, 11) is 0. The molecule has 2 aromatic rings. The third kappa shape index (κ3) is 4.45. The van der Waals surface area contributed by atoms with Crippen molar-refractivity contribution in [3.05, 3.63) is 59.8 Å². The van der Waals surface area contributed by atoms with Crippen molar-refractivity contribution in [2.24, 2.45) is 5.92 Å². The van der Waals surface area contributed by atoms with E-state index in [1.54, 1.807) is 25.3 Å². The molecule has 2 amide bonds. The lowest BCUT2D eigenvalue weighted by molar-refractivity contribution is -0.179. The van der Waals surface area contributed by atoms with E-state index in [0.29, 0.717) is 12.2 Å². The Morgan fingerprint density at radius 3 is 2.62 bits per heavy atom. The van der Waals surface area contributed by atoms with E-state index in [1.165, 1.54) is 0 Å². The molecule has 7 heteroatoms. The zero-order valence-electron chi connectivity index (χ0n) is 16.6. The second-order valence-electron chi connectivity index (χ2n) is 7.21. The zero-order valence-corrected chi connectivity index (χ0v) is 16.6. The van der Waals surface area contributed by atoms with Gasteiger partial charge in [0.15, 0.2) is 0 Å². The first-order chi connectivity index (χ1) is 13.9. The molecule has 0 radical (unpaired) electrons. The van der Waals surface area contributed by atoms with Gasteiger partial charge in [-0.1, -0.05) is 37.3 Å². The lowest BCUT2D eigenvalue weighted by atomic mass is 9.81. The Bertz CT molecular complexity index is 900. The predicted molar refractivity (Wildman–Crippen MR) is 108 cm³/mol. The topological polar surface area (TPSA) is 103 Å². The fourth-order valence-corrected chi connectivity index (χ4v) is 3.66. The molecule has 0 spiro atoms. The molecule has 0 saturated carbocycles. The Morgan fingerprint density at radius 1 is 1.24 bits per heavy atom. The highest BCUT2D eigenvalue weighted by atomic mass is 16.5. The number of carbonyl (C=O) groups is 3. The van der Waals surface area contributed by atoms with Crippen molar-refractivity contribution < 1.29 is 19.1 Å². The number of rotatable bonds is 7. The summed E-state index contributed by atoms with van der Waals surface area (Å²) in [5, 5.41) is 0. The highest BCUT2D eigenvalue weighted by Gasteiger charge is 2.54. The first-order valence-electron chi connectivity index (χ1n) is 9.70. The highest BCUT2D eigenvalue weighted by Crippen LogP contribution is 2.33. The highest BCUT2D eigenvalue weighted by molar-refractivity contribution is 6.08. The van der Waals surface area contributed by atoms with Gasteiger partial charge in [-0.05, 0) is 42.5 Å². The normalized spacial score (nSPS) is 19.4. The van der Waals surface area contributed by atoms with Crippen LogP contribution in [0.25, 0.3) is 0 Å². The Hall–Kier alpha value is -3.22. The van der Waals surface area contributed by atoms with Crippen molar-refractivity contribution in [2.45, 2.75) is 38.6 Å². The second-order valence-corrected chi connectivity index (χ2v) is 7.21. The number of pyridine rings is 1. The fraction of sp³-hybridized carbons (Fsp3) is 0.364. The van der Waals surface area contributed by atoms with Crippen LogP contribution in [0, 0.1) is 5.92 Å². The molecular formula is C22H25N3O4. The van der Waals surface area contributed by atoms with E-state index in [4.69, 9.17) is 10.5 Å². The van der Waals surface area contributed by atoms with E-state index in [1.807, 2.05) is 37.3 Å². The first kappa shape index (κ1) is 20.5. The lowest BCUT2D eigenvalue weighted by Gasteiger charge is -2.44. The molecule has 1 aliphatic heterocycles. The van der Waals surface area contributed by atoms with Crippen LogP contribution >= 0.6 is 0 Å². The van der Waals surface area contributed by atoms with Crippen LogP contribution in [0.15, 0.2) is 48.7 Å². The number of β-lactam (4-membered cyclic amide) rings is 1. The number of nitrogen functional groups attached to an aromatic ring is 1. The molecule has 1 fully saturated rings. The van der Waals surface area contributed by atoms with Crippen molar-refractivity contribution in [2.75, 3.05) is 12.3 Å². The molecule has 1 aromatic carbocycles. The predicted octanol–water partition coefficient (Wildman–Crippen LogP) is 2.32. The van der Waals surface area contributed by atoms with Gasteiger partial charge in [-0.15, -0.1) is 0 Å². The standard InChI is InChI=1S/C22H25N3O4/c1-3-29-22(28)20-17(12-15-9-10-24-18(23)13-15)21(27)25(20)19(26)11-14(2)16-7-5-4-6-8-16/h4-10,13-14,17,20H,3,11-12H2,1-2H3,(H2,23,24)/t14-,17+,20-/m0/s1. The first-order valence-corrected chi connectivity index (χ1v) is 9.70. The van der Waals surface area contributed by atoms with E-state index in [-0.39, 0.29) is 30.8 Å². The molecule has 3 atom stereocenters. The van der Waals surface area contributed by atoms with Crippen LogP contribution in [0.2, 0.25) is 0 Å². The van der Waals surface area contributed by atoms with Crippen LogP contribution in [0.4, 0.5) is 5.82 Å². The van der Waals surface area contributed by atoms with Gasteiger partial charge in [0, 0.05) is 12.6 Å². The molecule has 0 aliphatic carbocycles. The molecule has 1 aliphatic rings. The minimum Gasteiger partial charge on any atom is -0.464 e. The summed E-state index contributed by atoms with van der Waals surface area (Å²) in [6, 6.07) is 12.1. The summed E-state index contributed by atoms with van der Waals surface area (Å²) < 4.78 is 5.13. The fourth-order valence-electron chi connectivity index (χ4n) is 3.66. The number of imide groups is 1. The van der Waals surface area contributed by atoms with E-state index in [9.17, 15) is 14.4 Å². The number of amides is 2. The summed E-state index contributed by atoms with van der Waals surface area (Å²) in [6.07, 6.45) is 1.99. The largest absolute Gasteiger partial charge is 0.464 e. The number of hydrogen-bond acceptors (Lipinski definition) is 6. The van der Waals surface area contributed by atoms with Crippen LogP contribution in [-0.4, -0.2) is 40.3 Å². The Kier molecular flexibility index (Phi) is 6.26. The van der Waals surface area contributed by atoms with Gasteiger partial charge < -0.3 is 10.5 Å². The van der Waals surface area contributed by atoms with Gasteiger partial charge >= 0.3 is 5.97 Å².